The monoisotopic (exact) mass is 291 g/mol. The average Bonchev–Trinajstić information content (AvgIpc) is 2.45. The lowest BCUT2D eigenvalue weighted by Crippen LogP contribution is -2.28. The van der Waals surface area contributed by atoms with Gasteiger partial charge in [0.1, 0.15) is 17.4 Å². The lowest BCUT2D eigenvalue weighted by atomic mass is 10.1. The van der Waals surface area contributed by atoms with Crippen LogP contribution in [0.25, 0.3) is 0 Å². The van der Waals surface area contributed by atoms with E-state index in [9.17, 15) is 18.7 Å². The molecule has 1 N–H and O–H groups in total. The quantitative estimate of drug-likeness (QED) is 0.941. The summed E-state index contributed by atoms with van der Waals surface area (Å²) in [5, 5.41) is 9.19. The lowest BCUT2D eigenvalue weighted by molar-refractivity contribution is -0.129. The molecular formula is C16H15F2NO2. The number of benzene rings is 2. The van der Waals surface area contributed by atoms with Gasteiger partial charge in [0.25, 0.3) is 0 Å². The summed E-state index contributed by atoms with van der Waals surface area (Å²) in [5.41, 5.74) is 0.595. The minimum absolute atomic E-state index is 0.140. The van der Waals surface area contributed by atoms with E-state index in [-0.39, 0.29) is 23.6 Å². The summed E-state index contributed by atoms with van der Waals surface area (Å²) in [6.45, 7) is 0.301. The molecule has 0 spiro atoms. The summed E-state index contributed by atoms with van der Waals surface area (Å²) in [7, 11) is 1.56. The molecule has 0 atom stereocenters. The number of halogens is 2. The molecule has 0 saturated heterocycles. The van der Waals surface area contributed by atoms with Gasteiger partial charge in [0.15, 0.2) is 0 Å². The van der Waals surface area contributed by atoms with E-state index < -0.39 is 11.6 Å². The van der Waals surface area contributed by atoms with Crippen molar-refractivity contribution >= 4 is 5.91 Å². The molecule has 110 valence electrons. The first-order valence-corrected chi connectivity index (χ1v) is 6.42. The van der Waals surface area contributed by atoms with Crippen LogP contribution in [0.2, 0.25) is 0 Å². The van der Waals surface area contributed by atoms with Gasteiger partial charge < -0.3 is 10.0 Å². The standard InChI is InChI=1S/C16H15F2NO2/c1-19(10-11-5-7-12(20)8-6-11)16(21)9-13-14(17)3-2-4-15(13)18/h2-8,20H,9-10H2,1H3. The third kappa shape index (κ3) is 3.78. The summed E-state index contributed by atoms with van der Waals surface area (Å²) < 4.78 is 27.0. The number of phenols is 1. The van der Waals surface area contributed by atoms with Crippen LogP contribution in [0, 0.1) is 11.6 Å². The predicted octanol–water partition coefficient (Wildman–Crippen LogP) is 2.87. The molecule has 0 unspecified atom stereocenters. The van der Waals surface area contributed by atoms with Gasteiger partial charge in [-0.3, -0.25) is 4.79 Å². The zero-order valence-electron chi connectivity index (χ0n) is 11.5. The van der Waals surface area contributed by atoms with Gasteiger partial charge in [0, 0.05) is 19.2 Å². The van der Waals surface area contributed by atoms with E-state index in [4.69, 9.17) is 0 Å². The minimum atomic E-state index is -0.721. The van der Waals surface area contributed by atoms with Crippen molar-refractivity contribution < 1.29 is 18.7 Å². The highest BCUT2D eigenvalue weighted by Gasteiger charge is 2.16. The molecule has 0 aliphatic rings. The molecule has 0 fully saturated rings. The van der Waals surface area contributed by atoms with E-state index in [1.807, 2.05) is 0 Å². The molecular weight excluding hydrogens is 276 g/mol. The van der Waals surface area contributed by atoms with Crippen LogP contribution >= 0.6 is 0 Å². The topological polar surface area (TPSA) is 40.5 Å². The highest BCUT2D eigenvalue weighted by molar-refractivity contribution is 5.78. The van der Waals surface area contributed by atoms with Crippen LogP contribution in [0.5, 0.6) is 5.75 Å². The Morgan fingerprint density at radius 2 is 1.67 bits per heavy atom. The van der Waals surface area contributed by atoms with Crippen LogP contribution in [0.3, 0.4) is 0 Å². The first kappa shape index (κ1) is 15.0. The Bertz CT molecular complexity index is 621. The Hall–Kier alpha value is -2.43. The second kappa shape index (κ2) is 6.35. The van der Waals surface area contributed by atoms with Gasteiger partial charge in [-0.15, -0.1) is 0 Å². The van der Waals surface area contributed by atoms with Crippen molar-refractivity contribution in [2.75, 3.05) is 7.05 Å². The Morgan fingerprint density at radius 1 is 1.10 bits per heavy atom. The van der Waals surface area contributed by atoms with Crippen molar-refractivity contribution in [2.24, 2.45) is 0 Å². The molecule has 2 aromatic carbocycles. The second-order valence-corrected chi connectivity index (χ2v) is 4.79. The van der Waals surface area contributed by atoms with Crippen molar-refractivity contribution in [1.29, 1.82) is 0 Å². The number of carbonyl (C=O) groups is 1. The van der Waals surface area contributed by atoms with Crippen molar-refractivity contribution in [3.05, 3.63) is 65.2 Å². The molecule has 3 nitrogen and oxygen atoms in total. The minimum Gasteiger partial charge on any atom is -0.508 e. The highest BCUT2D eigenvalue weighted by atomic mass is 19.1. The maximum absolute atomic E-state index is 13.5. The summed E-state index contributed by atoms with van der Waals surface area (Å²) in [6.07, 6.45) is -0.326. The fraction of sp³-hybridized carbons (Fsp3) is 0.188. The number of hydrogen-bond acceptors (Lipinski definition) is 2. The largest absolute Gasteiger partial charge is 0.508 e. The fourth-order valence-corrected chi connectivity index (χ4v) is 1.95. The first-order valence-electron chi connectivity index (χ1n) is 6.42. The number of likely N-dealkylation sites (N-methyl/N-ethyl adjacent to an activating group) is 1. The average molecular weight is 291 g/mol. The molecule has 2 rings (SSSR count). The molecule has 1 amide bonds. The normalized spacial score (nSPS) is 10.4. The summed E-state index contributed by atoms with van der Waals surface area (Å²) in [4.78, 5) is 13.4. The Morgan fingerprint density at radius 3 is 2.24 bits per heavy atom. The summed E-state index contributed by atoms with van der Waals surface area (Å²) in [6, 6.07) is 9.93. The van der Waals surface area contributed by atoms with Crippen LogP contribution < -0.4 is 0 Å². The van der Waals surface area contributed by atoms with Crippen LogP contribution in [-0.4, -0.2) is 23.0 Å². The molecule has 0 saturated carbocycles. The summed E-state index contributed by atoms with van der Waals surface area (Å²) >= 11 is 0. The molecule has 5 heteroatoms. The van der Waals surface area contributed by atoms with E-state index in [1.54, 1.807) is 19.2 Å². The highest BCUT2D eigenvalue weighted by Crippen LogP contribution is 2.15. The van der Waals surface area contributed by atoms with Crippen molar-refractivity contribution in [3.63, 3.8) is 0 Å². The molecule has 2 aromatic rings. The number of aromatic hydroxyl groups is 1. The van der Waals surface area contributed by atoms with E-state index in [0.717, 1.165) is 17.7 Å². The number of hydrogen-bond donors (Lipinski definition) is 1. The van der Waals surface area contributed by atoms with Gasteiger partial charge in [-0.1, -0.05) is 18.2 Å². The molecule has 0 bridgehead atoms. The summed E-state index contributed by atoms with van der Waals surface area (Å²) in [5.74, 6) is -1.68. The van der Waals surface area contributed by atoms with E-state index in [0.29, 0.717) is 6.54 Å². The molecule has 0 aromatic heterocycles. The van der Waals surface area contributed by atoms with Gasteiger partial charge in [-0.2, -0.15) is 0 Å². The molecule has 0 aliphatic heterocycles. The number of rotatable bonds is 4. The third-order valence-corrected chi connectivity index (χ3v) is 3.17. The maximum atomic E-state index is 13.5. The SMILES string of the molecule is CN(Cc1ccc(O)cc1)C(=O)Cc1c(F)cccc1F. The van der Waals surface area contributed by atoms with Crippen LogP contribution in [0.15, 0.2) is 42.5 Å². The number of carbonyl (C=O) groups excluding carboxylic acids is 1. The predicted molar refractivity (Wildman–Crippen MR) is 74.6 cm³/mol. The number of amides is 1. The van der Waals surface area contributed by atoms with E-state index in [1.165, 1.54) is 23.1 Å². The number of nitrogens with zero attached hydrogens (tertiary/aromatic N) is 1. The van der Waals surface area contributed by atoms with Gasteiger partial charge in [0.2, 0.25) is 5.91 Å². The fourth-order valence-electron chi connectivity index (χ4n) is 1.95. The van der Waals surface area contributed by atoms with E-state index >= 15 is 0 Å². The Kier molecular flexibility index (Phi) is 4.52. The zero-order valence-corrected chi connectivity index (χ0v) is 11.5. The van der Waals surface area contributed by atoms with E-state index in [2.05, 4.69) is 0 Å². The Balaban J connectivity index is 2.04. The lowest BCUT2D eigenvalue weighted by Gasteiger charge is -2.17. The van der Waals surface area contributed by atoms with Crippen molar-refractivity contribution in [3.8, 4) is 5.75 Å². The van der Waals surface area contributed by atoms with Crippen LogP contribution in [0.4, 0.5) is 8.78 Å². The van der Waals surface area contributed by atoms with Crippen molar-refractivity contribution in [1.82, 2.24) is 4.90 Å². The molecule has 0 aliphatic carbocycles. The smallest absolute Gasteiger partial charge is 0.227 e. The molecule has 0 heterocycles. The van der Waals surface area contributed by atoms with Crippen LogP contribution in [0.1, 0.15) is 11.1 Å². The van der Waals surface area contributed by atoms with Crippen molar-refractivity contribution in [2.45, 2.75) is 13.0 Å². The van der Waals surface area contributed by atoms with Crippen LogP contribution in [-0.2, 0) is 17.8 Å². The van der Waals surface area contributed by atoms with Gasteiger partial charge in [-0.05, 0) is 29.8 Å². The molecule has 21 heavy (non-hydrogen) atoms. The first-order chi connectivity index (χ1) is 9.97. The maximum Gasteiger partial charge on any atom is 0.227 e. The number of phenolic OH excluding ortho intramolecular Hbond substituents is 1. The zero-order chi connectivity index (χ0) is 15.4. The van der Waals surface area contributed by atoms with Gasteiger partial charge in [0.05, 0.1) is 6.42 Å². The van der Waals surface area contributed by atoms with Gasteiger partial charge in [-0.25, -0.2) is 8.78 Å². The molecule has 0 radical (unpaired) electrons. The Labute approximate surface area is 121 Å². The van der Waals surface area contributed by atoms with Gasteiger partial charge >= 0.3 is 0 Å². The second-order valence-electron chi connectivity index (χ2n) is 4.79. The third-order valence-electron chi connectivity index (χ3n) is 3.17.